The van der Waals surface area contributed by atoms with Crippen LogP contribution in [0.15, 0.2) is 11.8 Å². The summed E-state index contributed by atoms with van der Waals surface area (Å²) in [6.45, 7) is 6.95. The second-order valence-corrected chi connectivity index (χ2v) is 6.21. The molecule has 1 aromatic rings. The first-order valence-corrected chi connectivity index (χ1v) is 8.47. The second-order valence-electron chi connectivity index (χ2n) is 6.21. The molecule has 1 aliphatic heterocycles. The largest absolute Gasteiger partial charge is 0.461 e. The van der Waals surface area contributed by atoms with Crippen molar-refractivity contribution in [2.75, 3.05) is 32.9 Å². The van der Waals surface area contributed by atoms with E-state index in [9.17, 15) is 9.59 Å². The van der Waals surface area contributed by atoms with E-state index in [0.717, 1.165) is 36.3 Å². The number of allylic oxidation sites excluding steroid dienone is 1. The van der Waals surface area contributed by atoms with Gasteiger partial charge < -0.3 is 18.9 Å². The third-order valence-electron chi connectivity index (χ3n) is 4.76. The minimum Gasteiger partial charge on any atom is -0.461 e. The number of rotatable bonds is 3. The maximum absolute atomic E-state index is 13.0. The van der Waals surface area contributed by atoms with E-state index in [1.165, 1.54) is 0 Å². The third kappa shape index (κ3) is 2.86. The molecule has 0 radical (unpaired) electrons. The Labute approximate surface area is 142 Å². The highest BCUT2D eigenvalue weighted by atomic mass is 16.5. The van der Waals surface area contributed by atoms with Crippen molar-refractivity contribution < 1.29 is 19.1 Å². The molecule has 6 heteroatoms. The van der Waals surface area contributed by atoms with E-state index < -0.39 is 0 Å². The molecule has 6 nitrogen and oxygen atoms in total. The van der Waals surface area contributed by atoms with Crippen LogP contribution < -0.4 is 0 Å². The lowest BCUT2D eigenvalue weighted by Crippen LogP contribution is -2.33. The number of nitrogens with zero attached hydrogens (tertiary/aromatic N) is 2. The van der Waals surface area contributed by atoms with Gasteiger partial charge >= 0.3 is 5.97 Å². The number of fused-ring (bicyclic) bond motifs is 1. The summed E-state index contributed by atoms with van der Waals surface area (Å²) >= 11 is 0. The lowest BCUT2D eigenvalue weighted by molar-refractivity contribution is 0.0514. The topological polar surface area (TPSA) is 60.8 Å². The first-order chi connectivity index (χ1) is 11.5. The zero-order valence-corrected chi connectivity index (χ0v) is 14.6. The van der Waals surface area contributed by atoms with Crippen LogP contribution in [0.4, 0.5) is 0 Å². The van der Waals surface area contributed by atoms with Crippen LogP contribution in [0.1, 0.15) is 45.4 Å². The Morgan fingerprint density at radius 3 is 2.67 bits per heavy atom. The SMILES string of the molecule is CCOC(=O)c1c(C)c2c(n1C)CCC(=CN1CCOCC1)C2=O. The van der Waals surface area contributed by atoms with Gasteiger partial charge in [-0.05, 0) is 32.3 Å². The van der Waals surface area contributed by atoms with Gasteiger partial charge in [0.15, 0.2) is 5.78 Å². The van der Waals surface area contributed by atoms with Crippen molar-refractivity contribution in [3.05, 3.63) is 34.3 Å². The van der Waals surface area contributed by atoms with E-state index in [1.807, 2.05) is 24.7 Å². The normalized spacial score (nSPS) is 19.5. The molecule has 3 rings (SSSR count). The van der Waals surface area contributed by atoms with E-state index in [2.05, 4.69) is 4.90 Å². The second kappa shape index (κ2) is 6.81. The van der Waals surface area contributed by atoms with E-state index >= 15 is 0 Å². The first kappa shape index (κ1) is 16.8. The highest BCUT2D eigenvalue weighted by Gasteiger charge is 2.32. The van der Waals surface area contributed by atoms with Gasteiger partial charge in [0.05, 0.1) is 19.8 Å². The molecule has 24 heavy (non-hydrogen) atoms. The summed E-state index contributed by atoms with van der Waals surface area (Å²) < 4.78 is 12.3. The van der Waals surface area contributed by atoms with Gasteiger partial charge in [-0.3, -0.25) is 4.79 Å². The maximum atomic E-state index is 13.0. The van der Waals surface area contributed by atoms with Gasteiger partial charge in [-0.2, -0.15) is 0 Å². The standard InChI is InChI=1S/C18H24N2O4/c1-4-24-18(22)16-12(2)15-14(19(16)3)6-5-13(17(15)21)11-20-7-9-23-10-8-20/h11H,4-10H2,1-3H3. The van der Waals surface area contributed by atoms with Gasteiger partial charge in [0.25, 0.3) is 0 Å². The van der Waals surface area contributed by atoms with Crippen LogP contribution in [0.25, 0.3) is 0 Å². The number of ketones is 1. The summed E-state index contributed by atoms with van der Waals surface area (Å²) in [6.07, 6.45) is 3.43. The van der Waals surface area contributed by atoms with Crippen molar-refractivity contribution >= 4 is 11.8 Å². The molecule has 2 heterocycles. The molecular weight excluding hydrogens is 308 g/mol. The molecule has 1 fully saturated rings. The van der Waals surface area contributed by atoms with Crippen molar-refractivity contribution in [3.8, 4) is 0 Å². The molecule has 130 valence electrons. The minimum absolute atomic E-state index is 0.0337. The van der Waals surface area contributed by atoms with Crippen LogP contribution in [0.2, 0.25) is 0 Å². The van der Waals surface area contributed by atoms with Crippen molar-refractivity contribution in [2.24, 2.45) is 7.05 Å². The fourth-order valence-corrected chi connectivity index (χ4v) is 3.55. The number of ether oxygens (including phenoxy) is 2. The van der Waals surface area contributed by atoms with E-state index in [4.69, 9.17) is 9.47 Å². The summed E-state index contributed by atoms with van der Waals surface area (Å²) in [7, 11) is 1.84. The van der Waals surface area contributed by atoms with Crippen molar-refractivity contribution in [1.29, 1.82) is 0 Å². The summed E-state index contributed by atoms with van der Waals surface area (Å²) in [5.41, 5.74) is 3.63. The molecule has 1 aliphatic carbocycles. The Kier molecular flexibility index (Phi) is 4.76. The molecule has 1 aromatic heterocycles. The lowest BCUT2D eigenvalue weighted by atomic mass is 9.89. The summed E-state index contributed by atoms with van der Waals surface area (Å²) in [4.78, 5) is 27.3. The molecule has 0 amide bonds. The number of carbonyl (C=O) groups is 2. The summed E-state index contributed by atoms with van der Waals surface area (Å²) in [5, 5.41) is 0. The molecule has 0 saturated carbocycles. The van der Waals surface area contributed by atoms with Gasteiger partial charge in [-0.1, -0.05) is 0 Å². The van der Waals surface area contributed by atoms with Crippen LogP contribution in [-0.2, 0) is 22.9 Å². The fraction of sp³-hybridized carbons (Fsp3) is 0.556. The molecule has 2 aliphatic rings. The quantitative estimate of drug-likeness (QED) is 0.624. The average Bonchev–Trinajstić information content (AvgIpc) is 2.83. The van der Waals surface area contributed by atoms with Gasteiger partial charge in [0.1, 0.15) is 5.69 Å². The molecule has 0 bridgehead atoms. The molecule has 0 spiro atoms. The number of morpholine rings is 1. The maximum Gasteiger partial charge on any atom is 0.355 e. The van der Waals surface area contributed by atoms with Crippen molar-refractivity contribution in [2.45, 2.75) is 26.7 Å². The molecule has 0 unspecified atom stereocenters. The molecule has 0 atom stereocenters. The Morgan fingerprint density at radius 2 is 2.00 bits per heavy atom. The molecular formula is C18H24N2O4. The predicted octanol–water partition coefficient (Wildman–Crippen LogP) is 1.86. The van der Waals surface area contributed by atoms with E-state index in [0.29, 0.717) is 37.5 Å². The number of hydrogen-bond acceptors (Lipinski definition) is 5. The Morgan fingerprint density at radius 1 is 1.29 bits per heavy atom. The average molecular weight is 332 g/mol. The summed E-state index contributed by atoms with van der Waals surface area (Å²) in [6, 6.07) is 0. The number of esters is 1. The van der Waals surface area contributed by atoms with Crippen molar-refractivity contribution in [1.82, 2.24) is 9.47 Å². The smallest absolute Gasteiger partial charge is 0.355 e. The third-order valence-corrected chi connectivity index (χ3v) is 4.76. The number of Topliss-reactive ketones (excluding diaryl/α,β-unsaturated/α-hetero) is 1. The van der Waals surface area contributed by atoms with E-state index in [1.54, 1.807) is 6.92 Å². The highest BCUT2D eigenvalue weighted by Crippen LogP contribution is 2.32. The van der Waals surface area contributed by atoms with E-state index in [-0.39, 0.29) is 11.8 Å². The monoisotopic (exact) mass is 332 g/mol. The van der Waals surface area contributed by atoms with Gasteiger partial charge in [-0.15, -0.1) is 0 Å². The Hall–Kier alpha value is -2.08. The lowest BCUT2D eigenvalue weighted by Gasteiger charge is -2.27. The van der Waals surface area contributed by atoms with Crippen LogP contribution in [0.3, 0.4) is 0 Å². The van der Waals surface area contributed by atoms with Crippen LogP contribution >= 0.6 is 0 Å². The number of aromatic nitrogens is 1. The fourth-order valence-electron chi connectivity index (χ4n) is 3.55. The van der Waals surface area contributed by atoms with Crippen LogP contribution in [0, 0.1) is 6.92 Å². The number of carbonyl (C=O) groups excluding carboxylic acids is 2. The Balaban J connectivity index is 1.94. The zero-order valence-electron chi connectivity index (χ0n) is 14.6. The zero-order chi connectivity index (χ0) is 17.3. The Bertz CT molecular complexity index is 696. The number of hydrogen-bond donors (Lipinski definition) is 0. The van der Waals surface area contributed by atoms with Gasteiger partial charge in [-0.25, -0.2) is 4.79 Å². The molecule has 0 N–H and O–H groups in total. The van der Waals surface area contributed by atoms with Crippen molar-refractivity contribution in [3.63, 3.8) is 0 Å². The van der Waals surface area contributed by atoms with Crippen LogP contribution in [-0.4, -0.2) is 54.1 Å². The summed E-state index contributed by atoms with van der Waals surface area (Å²) in [5.74, 6) is -0.329. The molecule has 1 saturated heterocycles. The van der Waals surface area contributed by atoms with Gasteiger partial charge in [0.2, 0.25) is 0 Å². The minimum atomic E-state index is -0.363. The van der Waals surface area contributed by atoms with Gasteiger partial charge in [0, 0.05) is 43.2 Å². The predicted molar refractivity (Wildman–Crippen MR) is 89.2 cm³/mol. The van der Waals surface area contributed by atoms with Crippen LogP contribution in [0.5, 0.6) is 0 Å². The first-order valence-electron chi connectivity index (χ1n) is 8.47. The molecule has 0 aromatic carbocycles. The highest BCUT2D eigenvalue weighted by molar-refractivity contribution is 6.13.